The molecule has 1 aromatic carbocycles. The van der Waals surface area contributed by atoms with Crippen LogP contribution in [-0.4, -0.2) is 90.1 Å². The van der Waals surface area contributed by atoms with Gasteiger partial charge in [-0.3, -0.25) is 14.5 Å². The van der Waals surface area contributed by atoms with E-state index in [4.69, 9.17) is 29.9 Å². The van der Waals surface area contributed by atoms with Gasteiger partial charge in [0.15, 0.2) is 5.60 Å². The Hall–Kier alpha value is -3.81. The smallest absolute Gasteiger partial charge is 0.336 e. The third-order valence-electron chi connectivity index (χ3n) is 6.79. The van der Waals surface area contributed by atoms with Crippen molar-refractivity contribution in [2.45, 2.75) is 89.2 Å². The van der Waals surface area contributed by atoms with E-state index in [-0.39, 0.29) is 11.1 Å². The van der Waals surface area contributed by atoms with E-state index in [0.29, 0.717) is 12.1 Å². The zero-order valence-electron chi connectivity index (χ0n) is 25.0. The lowest BCUT2D eigenvalue weighted by Gasteiger charge is -2.49. The summed E-state index contributed by atoms with van der Waals surface area (Å²) >= 11 is 0. The first-order chi connectivity index (χ1) is 19.5. The molecule has 2 heterocycles. The van der Waals surface area contributed by atoms with E-state index in [9.17, 15) is 14.4 Å². The van der Waals surface area contributed by atoms with Gasteiger partial charge in [-0.25, -0.2) is 14.8 Å². The molecule has 1 fully saturated rings. The monoisotopic (exact) mass is 590 g/mol. The van der Waals surface area contributed by atoms with E-state index >= 15 is 0 Å². The highest BCUT2D eigenvalue weighted by Gasteiger charge is 2.41. The van der Waals surface area contributed by atoms with Gasteiger partial charge in [0.05, 0.1) is 27.1 Å². The van der Waals surface area contributed by atoms with E-state index in [1.54, 1.807) is 14.2 Å². The molecule has 1 aromatic heterocycles. The van der Waals surface area contributed by atoms with Gasteiger partial charge in [0.2, 0.25) is 0 Å². The highest BCUT2D eigenvalue weighted by Crippen LogP contribution is 2.34. The summed E-state index contributed by atoms with van der Waals surface area (Å²) in [7, 11) is 3.32. The van der Waals surface area contributed by atoms with Crippen molar-refractivity contribution in [3.05, 3.63) is 47.8 Å². The van der Waals surface area contributed by atoms with Crippen LogP contribution < -0.4 is 14.8 Å². The first kappa shape index (κ1) is 34.4. The minimum Gasteiger partial charge on any atom is -0.496 e. The summed E-state index contributed by atoms with van der Waals surface area (Å²) in [5, 5.41) is 37.6. The summed E-state index contributed by atoms with van der Waals surface area (Å²) in [6.45, 7) is 10.8. The standard InChI is InChI=1S/C23H34N4O2.C6H8O7/c1-22(2)11-19(12-23(3,4)26-22)27(15-17-13-24-21(29-6)25-14-17)16-18-9-7-8-10-20(18)28-5;7-3(8)1-6(13,5(11)12)2-4(9)10/h7-10,13-14,19,26H,11-12,15-16H2,1-6H3;13H,1-2H2,(H,7,8)(H,9,10)(H,11,12). The molecule has 1 aliphatic rings. The number of para-hydroxylation sites is 1. The number of ether oxygens (including phenoxy) is 2. The van der Waals surface area contributed by atoms with E-state index in [1.807, 2.05) is 24.5 Å². The molecule has 2 aromatic rings. The lowest BCUT2D eigenvalue weighted by molar-refractivity contribution is -0.170. The Balaban J connectivity index is 0.000000401. The van der Waals surface area contributed by atoms with Crippen molar-refractivity contribution in [1.29, 1.82) is 0 Å². The van der Waals surface area contributed by atoms with Gasteiger partial charge < -0.3 is 35.2 Å². The second-order valence-electron chi connectivity index (χ2n) is 11.7. The summed E-state index contributed by atoms with van der Waals surface area (Å²) in [4.78, 5) is 41.6. The fourth-order valence-corrected chi connectivity index (χ4v) is 5.37. The number of nitrogens with zero attached hydrogens (tertiary/aromatic N) is 3. The molecule has 0 bridgehead atoms. The number of carboxylic acid groups (broad SMARTS) is 3. The molecular formula is C29H42N4O9. The molecule has 42 heavy (non-hydrogen) atoms. The topological polar surface area (TPSA) is 192 Å². The number of aliphatic carboxylic acids is 3. The number of carboxylic acids is 3. The number of aliphatic hydroxyl groups is 1. The van der Waals surface area contributed by atoms with Crippen molar-refractivity contribution in [1.82, 2.24) is 20.2 Å². The number of methoxy groups -OCH3 is 2. The number of aromatic nitrogens is 2. The SMILES string of the molecule is COc1ncc(CN(Cc2ccccc2OC)C2CC(C)(C)NC(C)(C)C2)cn1.O=C(O)CC(O)(CC(=O)O)C(=O)O. The molecule has 13 heteroatoms. The molecule has 1 aliphatic heterocycles. The second-order valence-corrected chi connectivity index (χ2v) is 11.7. The van der Waals surface area contributed by atoms with Crippen molar-refractivity contribution >= 4 is 17.9 Å². The maximum absolute atomic E-state index is 10.3. The number of nitrogens with one attached hydrogen (secondary N) is 1. The van der Waals surface area contributed by atoms with E-state index in [1.165, 1.54) is 5.56 Å². The second kappa shape index (κ2) is 14.4. The molecule has 0 amide bonds. The predicted molar refractivity (Wildman–Crippen MR) is 152 cm³/mol. The van der Waals surface area contributed by atoms with Crippen LogP contribution in [0.5, 0.6) is 11.8 Å². The minimum absolute atomic E-state index is 0.0713. The normalized spacial score (nSPS) is 16.2. The number of rotatable bonds is 12. The Bertz CT molecular complexity index is 1190. The molecule has 0 saturated carbocycles. The molecule has 0 spiro atoms. The molecule has 5 N–H and O–H groups in total. The van der Waals surface area contributed by atoms with Crippen molar-refractivity contribution < 1.29 is 44.3 Å². The van der Waals surface area contributed by atoms with Gasteiger partial charge in [0, 0.05) is 53.7 Å². The maximum atomic E-state index is 10.3. The van der Waals surface area contributed by atoms with Crippen LogP contribution in [0.1, 0.15) is 64.5 Å². The van der Waals surface area contributed by atoms with Gasteiger partial charge in [-0.2, -0.15) is 0 Å². The first-order valence-corrected chi connectivity index (χ1v) is 13.4. The summed E-state index contributed by atoms with van der Waals surface area (Å²) in [5.74, 6) is -4.09. The van der Waals surface area contributed by atoms with E-state index in [0.717, 1.165) is 37.2 Å². The first-order valence-electron chi connectivity index (χ1n) is 13.4. The summed E-state index contributed by atoms with van der Waals surface area (Å²) < 4.78 is 10.7. The summed E-state index contributed by atoms with van der Waals surface area (Å²) in [6, 6.07) is 9.08. The van der Waals surface area contributed by atoms with Gasteiger partial charge in [-0.05, 0) is 46.6 Å². The zero-order valence-corrected chi connectivity index (χ0v) is 25.0. The van der Waals surface area contributed by atoms with Crippen LogP contribution in [0.15, 0.2) is 36.7 Å². The van der Waals surface area contributed by atoms with Crippen LogP contribution in [0.3, 0.4) is 0 Å². The van der Waals surface area contributed by atoms with E-state index < -0.39 is 36.4 Å². The van der Waals surface area contributed by atoms with Gasteiger partial charge in [-0.15, -0.1) is 0 Å². The number of benzene rings is 1. The highest BCUT2D eigenvalue weighted by molar-refractivity contribution is 5.88. The van der Waals surface area contributed by atoms with Gasteiger partial charge in [0.25, 0.3) is 0 Å². The fraction of sp³-hybridized carbons (Fsp3) is 0.552. The van der Waals surface area contributed by atoms with Crippen molar-refractivity contribution in [3.63, 3.8) is 0 Å². The Kier molecular flexibility index (Phi) is 11.8. The van der Waals surface area contributed by atoms with Crippen LogP contribution in [0.4, 0.5) is 0 Å². The van der Waals surface area contributed by atoms with Crippen LogP contribution >= 0.6 is 0 Å². The van der Waals surface area contributed by atoms with Crippen LogP contribution in [0.25, 0.3) is 0 Å². The van der Waals surface area contributed by atoms with Crippen molar-refractivity contribution in [2.75, 3.05) is 14.2 Å². The minimum atomic E-state index is -2.74. The summed E-state index contributed by atoms with van der Waals surface area (Å²) in [5.41, 5.74) is -0.324. The molecular weight excluding hydrogens is 548 g/mol. The van der Waals surface area contributed by atoms with Crippen molar-refractivity contribution in [2.24, 2.45) is 0 Å². The Morgan fingerprint density at radius 1 is 0.929 bits per heavy atom. The third kappa shape index (κ3) is 10.5. The highest BCUT2D eigenvalue weighted by atomic mass is 16.5. The molecule has 1 saturated heterocycles. The maximum Gasteiger partial charge on any atom is 0.336 e. The predicted octanol–water partition coefficient (Wildman–Crippen LogP) is 2.56. The average molecular weight is 591 g/mol. The van der Waals surface area contributed by atoms with Gasteiger partial charge in [-0.1, -0.05) is 18.2 Å². The molecule has 232 valence electrons. The Labute approximate surface area is 245 Å². The lowest BCUT2D eigenvalue weighted by Crippen LogP contribution is -2.62. The van der Waals surface area contributed by atoms with Crippen LogP contribution in [0, 0.1) is 0 Å². The summed E-state index contributed by atoms with van der Waals surface area (Å²) in [6.07, 6.45) is 3.57. The molecule has 0 atom stereocenters. The average Bonchev–Trinajstić information content (AvgIpc) is 2.86. The van der Waals surface area contributed by atoms with E-state index in [2.05, 4.69) is 60.0 Å². The van der Waals surface area contributed by atoms with Crippen LogP contribution in [0.2, 0.25) is 0 Å². The molecule has 3 rings (SSSR count). The fourth-order valence-electron chi connectivity index (χ4n) is 5.37. The number of piperidine rings is 1. The molecule has 0 aliphatic carbocycles. The number of carbonyl (C=O) groups is 3. The number of hydrogen-bond acceptors (Lipinski definition) is 10. The number of hydrogen-bond donors (Lipinski definition) is 5. The third-order valence-corrected chi connectivity index (χ3v) is 6.79. The molecule has 0 radical (unpaired) electrons. The lowest BCUT2D eigenvalue weighted by atomic mass is 9.79. The van der Waals surface area contributed by atoms with Gasteiger partial charge in [0.1, 0.15) is 5.75 Å². The van der Waals surface area contributed by atoms with Crippen molar-refractivity contribution in [3.8, 4) is 11.8 Å². The quantitative estimate of drug-likeness (QED) is 0.242. The zero-order chi connectivity index (χ0) is 31.7. The van der Waals surface area contributed by atoms with Crippen LogP contribution in [-0.2, 0) is 27.5 Å². The largest absolute Gasteiger partial charge is 0.496 e. The Morgan fingerprint density at radius 2 is 1.45 bits per heavy atom. The Morgan fingerprint density at radius 3 is 1.90 bits per heavy atom. The molecule has 0 unspecified atom stereocenters. The molecule has 13 nitrogen and oxygen atoms in total. The van der Waals surface area contributed by atoms with Gasteiger partial charge >= 0.3 is 23.9 Å².